The summed E-state index contributed by atoms with van der Waals surface area (Å²) in [4.78, 5) is 22.3. The van der Waals surface area contributed by atoms with Gasteiger partial charge in [0.25, 0.3) is 0 Å². The maximum Gasteiger partial charge on any atom is 0.353 e. The quantitative estimate of drug-likeness (QED) is 0.243. The first-order valence-corrected chi connectivity index (χ1v) is 4.66. The smallest absolute Gasteiger partial charge is 0.353 e. The van der Waals surface area contributed by atoms with E-state index < -0.39 is 16.5 Å². The minimum atomic E-state index is -1.11. The summed E-state index contributed by atoms with van der Waals surface area (Å²) in [6, 6.07) is 0. The van der Waals surface area contributed by atoms with Crippen LogP contribution in [0.1, 0.15) is 19.3 Å². The number of thiocarbonyl (C=S) groups is 1. The lowest BCUT2D eigenvalue weighted by atomic mass is 10.4. The number of amides is 2. The molecule has 2 amide bonds. The van der Waals surface area contributed by atoms with Crippen molar-refractivity contribution in [3.05, 3.63) is 0 Å². The molecule has 1 heterocycles. The molecule has 1 aliphatic heterocycles. The fourth-order valence-corrected chi connectivity index (χ4v) is 1.41. The molecule has 0 unspecified atom stereocenters. The first kappa shape index (κ1) is 10.6. The predicted octanol–water partition coefficient (Wildman–Crippen LogP) is 0.304. The van der Waals surface area contributed by atoms with E-state index in [1.165, 1.54) is 0 Å². The highest BCUT2D eigenvalue weighted by molar-refractivity contribution is 8.00. The van der Waals surface area contributed by atoms with E-state index in [4.69, 9.17) is 0 Å². The van der Waals surface area contributed by atoms with Crippen LogP contribution in [0.4, 0.5) is 0 Å². The second-order valence-electron chi connectivity index (χ2n) is 2.90. The van der Waals surface area contributed by atoms with Gasteiger partial charge < -0.3 is 24.8 Å². The molecule has 4 nitrogen and oxygen atoms in total. The van der Waals surface area contributed by atoms with E-state index in [-0.39, 0.29) is 30.0 Å². The molecule has 1 aliphatic rings. The monoisotopic (exact) mass is 219 g/mol. The van der Waals surface area contributed by atoms with Crippen LogP contribution in [0.5, 0.6) is 0 Å². The van der Waals surface area contributed by atoms with Gasteiger partial charge in [-0.1, -0.05) is 4.65 Å². The Balaban J connectivity index is 2.68. The first-order valence-electron chi connectivity index (χ1n) is 3.84. The lowest BCUT2D eigenvalue weighted by molar-refractivity contribution is -0.970. The molecule has 0 aliphatic carbocycles. The molecule has 0 bridgehead atoms. The lowest BCUT2D eigenvalue weighted by Crippen LogP contribution is -2.50. The van der Waals surface area contributed by atoms with Crippen LogP contribution in [-0.4, -0.2) is 32.4 Å². The Labute approximate surface area is 86.5 Å². The molecule has 0 aromatic carbocycles. The Morgan fingerprint density at radius 3 is 2.31 bits per heavy atom. The molecule has 0 atom stereocenters. The Morgan fingerprint density at radius 2 is 1.92 bits per heavy atom. The van der Waals surface area contributed by atoms with Crippen molar-refractivity contribution < 1.29 is 19.4 Å². The molecule has 1 fully saturated rings. The van der Waals surface area contributed by atoms with Crippen molar-refractivity contribution >= 4 is 40.9 Å². The predicted molar refractivity (Wildman–Crippen MR) is 50.7 cm³/mol. The molecule has 6 heteroatoms. The summed E-state index contributed by atoms with van der Waals surface area (Å²) >= 11 is 9.26. The molecule has 72 valence electrons. The largest absolute Gasteiger partial charge is 0.433 e. The van der Waals surface area contributed by atoms with Crippen molar-refractivity contribution in [1.29, 1.82) is 0 Å². The first-order chi connectivity index (χ1) is 5.97. The number of carbonyl (C=O) groups excluding carboxylic acids is 2. The van der Waals surface area contributed by atoms with Crippen LogP contribution >= 0.6 is 12.2 Å². The minimum absolute atomic E-state index is 0.0139. The summed E-state index contributed by atoms with van der Waals surface area (Å²) in [6.07, 6.45) is 0.456. The Morgan fingerprint density at radius 1 is 1.46 bits per heavy atom. The van der Waals surface area contributed by atoms with Gasteiger partial charge in [-0.25, -0.2) is 14.8 Å². The van der Waals surface area contributed by atoms with E-state index in [2.05, 4.69) is 24.8 Å². The second-order valence-corrected chi connectivity index (χ2v) is 4.15. The number of likely N-dealkylation sites (tertiary alicyclic amines) is 1. The average molecular weight is 219 g/mol. The number of hydrogen-bond donors (Lipinski definition) is 1. The van der Waals surface area contributed by atoms with Crippen molar-refractivity contribution in [2.75, 3.05) is 6.54 Å². The van der Waals surface area contributed by atoms with Gasteiger partial charge in [0.1, 0.15) is 6.54 Å². The van der Waals surface area contributed by atoms with Crippen molar-refractivity contribution in [3.8, 4) is 0 Å². The molecule has 1 rings (SSSR count). The van der Waals surface area contributed by atoms with Crippen LogP contribution in [-0.2, 0) is 22.2 Å². The van der Waals surface area contributed by atoms with Gasteiger partial charge in [0.2, 0.25) is 0 Å². The van der Waals surface area contributed by atoms with Gasteiger partial charge in [0.05, 0.1) is 12.8 Å². The van der Waals surface area contributed by atoms with Crippen LogP contribution in [0.3, 0.4) is 0 Å². The van der Waals surface area contributed by atoms with Crippen molar-refractivity contribution in [1.82, 2.24) is 0 Å². The standard InChI is InChI=1S/C7H9NO3S2/c9-5-1-2-6(10)8(5,11)4-3-7(12)13/h11H,1-4H2. The third kappa shape index (κ3) is 2.08. The Bertz CT molecular complexity index is 261. The average Bonchev–Trinajstić information content (AvgIpc) is 2.31. The summed E-state index contributed by atoms with van der Waals surface area (Å²) in [6.45, 7) is -0.0139. The number of carbonyl (C=O) groups is 2. The summed E-state index contributed by atoms with van der Waals surface area (Å²) < 4.78 is -0.837. The molecular weight excluding hydrogens is 210 g/mol. The number of imide groups is 1. The minimum Gasteiger partial charge on any atom is -0.433 e. The molecular formula is C7H9NO3S2. The number of quaternary nitrogens is 1. The van der Waals surface area contributed by atoms with Gasteiger partial charge in [-0.05, 0) is 0 Å². The summed E-state index contributed by atoms with van der Waals surface area (Å²) in [5.41, 5.74) is 0. The van der Waals surface area contributed by atoms with E-state index in [0.717, 1.165) is 0 Å². The van der Waals surface area contributed by atoms with Gasteiger partial charge in [0.15, 0.2) is 0 Å². The van der Waals surface area contributed by atoms with Gasteiger partial charge in [-0.2, -0.15) is 0 Å². The third-order valence-corrected chi connectivity index (χ3v) is 2.43. The number of hydrogen-bond acceptors (Lipinski definition) is 5. The maximum absolute atomic E-state index is 11.1. The zero-order valence-corrected chi connectivity index (χ0v) is 8.49. The molecule has 13 heavy (non-hydrogen) atoms. The summed E-state index contributed by atoms with van der Waals surface area (Å²) in [5.74, 6) is -0.924. The highest BCUT2D eigenvalue weighted by atomic mass is 32.1. The normalized spacial score (nSPS) is 20.7. The van der Waals surface area contributed by atoms with Gasteiger partial charge >= 0.3 is 11.8 Å². The Kier molecular flexibility index (Phi) is 3.07. The van der Waals surface area contributed by atoms with Crippen molar-refractivity contribution in [3.63, 3.8) is 0 Å². The maximum atomic E-state index is 11.1. The highest BCUT2D eigenvalue weighted by Crippen LogP contribution is 2.20. The van der Waals surface area contributed by atoms with Gasteiger partial charge in [0, 0.05) is 6.42 Å². The van der Waals surface area contributed by atoms with Gasteiger partial charge in [-0.15, -0.1) is 4.20 Å². The number of rotatable bonds is 3. The van der Waals surface area contributed by atoms with Crippen molar-refractivity contribution in [2.45, 2.75) is 19.3 Å². The topological polar surface area (TPSA) is 54.4 Å². The van der Waals surface area contributed by atoms with Crippen LogP contribution in [0, 0.1) is 0 Å². The fourth-order valence-electron chi connectivity index (χ4n) is 1.23. The zero-order chi connectivity index (χ0) is 10.1. The zero-order valence-electron chi connectivity index (χ0n) is 6.86. The highest BCUT2D eigenvalue weighted by Gasteiger charge is 2.49. The summed E-state index contributed by atoms with van der Waals surface area (Å²) in [5, 5.41) is 9.61. The number of hydroxylamine groups is 3. The molecule has 0 aromatic rings. The number of nitrogens with zero attached hydrogens (tertiary/aromatic N) is 1. The van der Waals surface area contributed by atoms with E-state index in [1.54, 1.807) is 0 Å². The third-order valence-electron chi connectivity index (χ3n) is 2.02. The van der Waals surface area contributed by atoms with Gasteiger partial charge in [-0.3, -0.25) is 0 Å². The molecule has 0 aromatic heterocycles. The molecule has 1 N–H and O–H groups in total. The lowest BCUT2D eigenvalue weighted by Gasteiger charge is -2.19. The summed E-state index contributed by atoms with van der Waals surface area (Å²) in [7, 11) is 0. The molecule has 0 saturated carbocycles. The Hall–Kier alpha value is -0.430. The van der Waals surface area contributed by atoms with E-state index in [1.807, 2.05) is 0 Å². The fraction of sp³-hybridized carbons (Fsp3) is 0.571. The van der Waals surface area contributed by atoms with Crippen LogP contribution in [0.25, 0.3) is 0 Å². The van der Waals surface area contributed by atoms with Crippen LogP contribution < -0.4 is 0 Å². The van der Waals surface area contributed by atoms with Crippen molar-refractivity contribution in [2.24, 2.45) is 0 Å². The molecule has 0 spiro atoms. The van der Waals surface area contributed by atoms with Crippen LogP contribution in [0.15, 0.2) is 0 Å². The molecule has 0 radical (unpaired) electrons. The van der Waals surface area contributed by atoms with E-state index >= 15 is 0 Å². The van der Waals surface area contributed by atoms with E-state index in [0.29, 0.717) is 0 Å². The second kappa shape index (κ2) is 3.75. The van der Waals surface area contributed by atoms with Crippen LogP contribution in [0.2, 0.25) is 0 Å². The SMILES string of the molecule is O=C1CCC(=O)[N+]1(O)CCC(=S)[S-]. The van der Waals surface area contributed by atoms with E-state index in [9.17, 15) is 14.8 Å². The molecule has 1 saturated heterocycles.